The Kier molecular flexibility index (Phi) is 7.28. The van der Waals surface area contributed by atoms with Crippen LogP contribution in [-0.2, 0) is 17.7 Å². The van der Waals surface area contributed by atoms with Crippen LogP contribution in [0.5, 0.6) is 5.75 Å². The van der Waals surface area contributed by atoms with Crippen LogP contribution in [0.25, 0.3) is 0 Å². The van der Waals surface area contributed by atoms with E-state index in [0.29, 0.717) is 13.0 Å². The van der Waals surface area contributed by atoms with Gasteiger partial charge in [0, 0.05) is 6.42 Å². The van der Waals surface area contributed by atoms with Crippen molar-refractivity contribution in [2.45, 2.75) is 102 Å². The second kappa shape index (κ2) is 9.18. The highest BCUT2D eigenvalue weighted by molar-refractivity contribution is 6.83. The van der Waals surface area contributed by atoms with Crippen molar-refractivity contribution in [1.82, 2.24) is 9.55 Å². The van der Waals surface area contributed by atoms with Crippen molar-refractivity contribution in [3.05, 3.63) is 16.7 Å². The number of aromatic nitrogens is 2. The van der Waals surface area contributed by atoms with Crippen LogP contribution in [0, 0.1) is 0 Å². The molecule has 3 N–H and O–H groups in total. The van der Waals surface area contributed by atoms with E-state index < -0.39 is 29.0 Å². The van der Waals surface area contributed by atoms with E-state index in [2.05, 4.69) is 60.4 Å². The first-order valence-corrected chi connectivity index (χ1v) is 15.5. The molecule has 0 spiro atoms. The van der Waals surface area contributed by atoms with Gasteiger partial charge in [-0.3, -0.25) is 4.57 Å². The summed E-state index contributed by atoms with van der Waals surface area (Å²) in [4.78, 5) is 16.1. The zero-order valence-corrected chi connectivity index (χ0v) is 22.5. The van der Waals surface area contributed by atoms with E-state index >= 15 is 0 Å². The van der Waals surface area contributed by atoms with E-state index in [-0.39, 0.29) is 45.9 Å². The lowest BCUT2D eigenvalue weighted by Gasteiger charge is -2.51. The van der Waals surface area contributed by atoms with Crippen molar-refractivity contribution < 1.29 is 22.8 Å². The molecule has 0 amide bonds. The normalized spacial score (nSPS) is 27.7. The molecule has 182 valence electrons. The van der Waals surface area contributed by atoms with Gasteiger partial charge in [-0.25, -0.2) is 4.79 Å². The Balaban J connectivity index is 2.03. The van der Waals surface area contributed by atoms with E-state index in [0.717, 1.165) is 0 Å². The van der Waals surface area contributed by atoms with Crippen molar-refractivity contribution in [2.24, 2.45) is 0 Å². The fourth-order valence-electron chi connectivity index (χ4n) is 4.98. The Labute approximate surface area is 192 Å². The summed E-state index contributed by atoms with van der Waals surface area (Å²) in [7, 11) is -5.40. The van der Waals surface area contributed by atoms with Crippen LogP contribution < -0.4 is 11.4 Å². The zero-order chi connectivity index (χ0) is 24.0. The number of nitrogen functional groups attached to an aromatic ring is 1. The third-order valence-corrected chi connectivity index (χ3v) is 17.1. The molecule has 2 saturated heterocycles. The first-order chi connectivity index (χ1) is 14.8. The number of fused-ring (bicyclic) bond motifs is 1. The molecule has 32 heavy (non-hydrogen) atoms. The van der Waals surface area contributed by atoms with Gasteiger partial charge in [0.1, 0.15) is 12.3 Å². The minimum absolute atomic E-state index is 0.195. The number of ether oxygens (including phenoxy) is 1. The van der Waals surface area contributed by atoms with Gasteiger partial charge in [-0.2, -0.15) is 4.98 Å². The summed E-state index contributed by atoms with van der Waals surface area (Å²) in [6, 6.07) is 0. The molecule has 0 saturated carbocycles. The Morgan fingerprint density at radius 3 is 2.12 bits per heavy atom. The number of hydrogen-bond acceptors (Lipinski definition) is 8. The predicted molar refractivity (Wildman–Crippen MR) is 127 cm³/mol. The van der Waals surface area contributed by atoms with Crippen LogP contribution in [0.2, 0.25) is 22.2 Å². The minimum Gasteiger partial charge on any atom is -0.503 e. The predicted octanol–water partition coefficient (Wildman–Crippen LogP) is 3.78. The molecule has 0 bridgehead atoms. The molecule has 3 atom stereocenters. The topological polar surface area (TPSA) is 118 Å². The first-order valence-electron chi connectivity index (χ1n) is 11.6. The summed E-state index contributed by atoms with van der Waals surface area (Å²) in [5.41, 5.74) is 5.90. The third-order valence-electron chi connectivity index (χ3n) is 6.80. The van der Waals surface area contributed by atoms with Gasteiger partial charge < -0.3 is 28.5 Å². The highest BCUT2D eigenvalue weighted by Crippen LogP contribution is 2.48. The molecular weight excluding hydrogens is 446 g/mol. The molecule has 2 aliphatic rings. The maximum Gasteiger partial charge on any atom is 0.351 e. The van der Waals surface area contributed by atoms with Gasteiger partial charge in [-0.1, -0.05) is 55.4 Å². The third kappa shape index (κ3) is 4.30. The quantitative estimate of drug-likeness (QED) is 0.605. The lowest BCUT2D eigenvalue weighted by molar-refractivity contribution is -0.0566. The van der Waals surface area contributed by atoms with Gasteiger partial charge in [0.2, 0.25) is 0 Å². The number of anilines is 1. The molecule has 1 aromatic rings. The standard InChI is InChI=1S/C21H39N3O6Si2/c1-12(2)31(13(3)4)27-11-18-17(29-32(30-31,14(5)6)15(7)8)9-19(28-18)24-10-16(25)20(22)23-21(24)26/h10,12-15,17-19,25H,9,11H2,1-8H3,(H2,22,23,26)/t17-,18+,19+/m0/s1. The largest absolute Gasteiger partial charge is 0.503 e. The second-order valence-corrected chi connectivity index (χ2v) is 19.0. The van der Waals surface area contributed by atoms with E-state index in [1.54, 1.807) is 0 Å². The lowest BCUT2D eigenvalue weighted by atomic mass is 10.2. The van der Waals surface area contributed by atoms with Gasteiger partial charge in [0.05, 0.1) is 18.9 Å². The van der Waals surface area contributed by atoms with Crippen molar-refractivity contribution in [3.8, 4) is 5.75 Å². The molecule has 3 heterocycles. The number of nitrogens with zero attached hydrogens (tertiary/aromatic N) is 2. The number of nitrogens with two attached hydrogens (primary N) is 1. The summed E-state index contributed by atoms with van der Waals surface area (Å²) in [5, 5.41) is 9.99. The van der Waals surface area contributed by atoms with E-state index in [1.165, 1.54) is 10.8 Å². The second-order valence-electron chi connectivity index (χ2n) is 10.2. The molecule has 9 nitrogen and oxygen atoms in total. The van der Waals surface area contributed by atoms with Crippen LogP contribution in [0.4, 0.5) is 5.82 Å². The number of hydrogen-bond donors (Lipinski definition) is 2. The van der Waals surface area contributed by atoms with Gasteiger partial charge in [-0.05, 0) is 22.2 Å². The van der Waals surface area contributed by atoms with Gasteiger partial charge in [0.15, 0.2) is 11.6 Å². The van der Waals surface area contributed by atoms with E-state index in [1.807, 2.05) is 0 Å². The molecular formula is C21H39N3O6Si2. The molecule has 11 heteroatoms. The molecule has 0 aromatic carbocycles. The summed E-state index contributed by atoms with van der Waals surface area (Å²) in [6.07, 6.45) is 0.467. The molecule has 3 rings (SSSR count). The van der Waals surface area contributed by atoms with Crippen LogP contribution in [0.15, 0.2) is 11.0 Å². The Hall–Kier alpha value is -1.25. The number of aromatic hydroxyl groups is 1. The highest BCUT2D eigenvalue weighted by Gasteiger charge is 2.60. The minimum atomic E-state index is -2.75. The molecule has 2 aliphatic heterocycles. The first kappa shape index (κ1) is 25.4. The maximum absolute atomic E-state index is 12.4. The van der Waals surface area contributed by atoms with Gasteiger partial charge in [0.25, 0.3) is 0 Å². The summed E-state index contributed by atoms with van der Waals surface area (Å²) in [6.45, 7) is 17.7. The van der Waals surface area contributed by atoms with Crippen molar-refractivity contribution in [1.29, 1.82) is 0 Å². The van der Waals surface area contributed by atoms with Crippen LogP contribution in [0.1, 0.15) is 68.0 Å². The van der Waals surface area contributed by atoms with Crippen molar-refractivity contribution in [2.75, 3.05) is 12.3 Å². The average Bonchev–Trinajstić information content (AvgIpc) is 3.05. The highest BCUT2D eigenvalue weighted by atomic mass is 28.5. The molecule has 0 radical (unpaired) electrons. The average molecular weight is 486 g/mol. The van der Waals surface area contributed by atoms with Crippen molar-refractivity contribution in [3.63, 3.8) is 0 Å². The Morgan fingerprint density at radius 2 is 1.59 bits per heavy atom. The van der Waals surface area contributed by atoms with Crippen LogP contribution in [-0.4, -0.2) is 50.6 Å². The Morgan fingerprint density at radius 1 is 1.03 bits per heavy atom. The lowest BCUT2D eigenvalue weighted by Crippen LogP contribution is -2.65. The van der Waals surface area contributed by atoms with Gasteiger partial charge in [-0.15, -0.1) is 0 Å². The van der Waals surface area contributed by atoms with E-state index in [4.69, 9.17) is 23.4 Å². The SMILES string of the molecule is CC(C)[Si]1(C(C)C)OC[C@H]2O[C@@H](n3cc(O)c(N)nc3=O)C[C@@H]2O[Si](C(C)C)(C(C)C)O1. The van der Waals surface area contributed by atoms with Crippen molar-refractivity contribution >= 4 is 22.9 Å². The molecule has 0 aliphatic carbocycles. The summed E-state index contributed by atoms with van der Waals surface area (Å²) < 4.78 is 28.4. The fourth-order valence-corrected chi connectivity index (χ4v) is 16.2. The zero-order valence-electron chi connectivity index (χ0n) is 20.5. The Bertz CT molecular complexity index is 860. The maximum atomic E-state index is 12.4. The molecule has 2 fully saturated rings. The monoisotopic (exact) mass is 485 g/mol. The molecule has 1 aromatic heterocycles. The van der Waals surface area contributed by atoms with Crippen LogP contribution in [0.3, 0.4) is 0 Å². The summed E-state index contributed by atoms with van der Waals surface area (Å²) in [5.74, 6) is -0.448. The smallest absolute Gasteiger partial charge is 0.351 e. The number of rotatable bonds is 5. The summed E-state index contributed by atoms with van der Waals surface area (Å²) >= 11 is 0. The molecule has 0 unspecified atom stereocenters. The van der Waals surface area contributed by atoms with Crippen LogP contribution >= 0.6 is 0 Å². The van der Waals surface area contributed by atoms with Gasteiger partial charge >= 0.3 is 22.8 Å². The fraction of sp³-hybridized carbons (Fsp3) is 0.810. The van der Waals surface area contributed by atoms with E-state index in [9.17, 15) is 9.90 Å².